The van der Waals surface area contributed by atoms with Crippen molar-refractivity contribution in [3.8, 4) is 0 Å². The minimum absolute atomic E-state index is 0.210. The molecule has 1 saturated heterocycles. The number of nitrogens with zero attached hydrogens (tertiary/aromatic N) is 2. The quantitative estimate of drug-likeness (QED) is 0.815. The molecule has 2 rings (SSSR count). The molecular weight excluding hydrogens is 363 g/mol. The van der Waals surface area contributed by atoms with Crippen LogP contribution in [0.2, 0.25) is 0 Å². The van der Waals surface area contributed by atoms with Crippen LogP contribution in [0.5, 0.6) is 0 Å². The average molecular weight is 387 g/mol. The van der Waals surface area contributed by atoms with E-state index in [9.17, 15) is 27.9 Å². The van der Waals surface area contributed by atoms with Crippen LogP contribution in [0.4, 0.5) is 23.7 Å². The smallest absolute Gasteiger partial charge is 0.416 e. The van der Waals surface area contributed by atoms with Crippen molar-refractivity contribution in [3.05, 3.63) is 29.8 Å². The average Bonchev–Trinajstić information content (AvgIpc) is 2.64. The predicted octanol–water partition coefficient (Wildman–Crippen LogP) is 3.04. The highest BCUT2D eigenvalue weighted by Gasteiger charge is 2.32. The maximum Gasteiger partial charge on any atom is 0.416 e. The first kappa shape index (κ1) is 20.9. The molecule has 1 fully saturated rings. The fraction of sp³-hybridized carbons (Fsp3) is 0.556. The third-order valence-electron chi connectivity index (χ3n) is 4.86. The Morgan fingerprint density at radius 3 is 2.37 bits per heavy atom. The van der Waals surface area contributed by atoms with Gasteiger partial charge in [-0.2, -0.15) is 13.2 Å². The van der Waals surface area contributed by atoms with Gasteiger partial charge in [0.15, 0.2) is 0 Å². The lowest BCUT2D eigenvalue weighted by molar-refractivity contribution is -0.140. The first-order valence-electron chi connectivity index (χ1n) is 8.84. The molecule has 0 saturated carbocycles. The summed E-state index contributed by atoms with van der Waals surface area (Å²) in [7, 11) is 0. The summed E-state index contributed by atoms with van der Waals surface area (Å²) >= 11 is 0. The van der Waals surface area contributed by atoms with Crippen molar-refractivity contribution in [2.75, 3.05) is 31.1 Å². The van der Waals surface area contributed by atoms with Crippen LogP contribution in [0.3, 0.4) is 0 Å². The van der Waals surface area contributed by atoms with Crippen molar-refractivity contribution in [3.63, 3.8) is 0 Å². The highest BCUT2D eigenvalue weighted by atomic mass is 19.4. The van der Waals surface area contributed by atoms with Gasteiger partial charge in [0.25, 0.3) is 0 Å². The molecule has 27 heavy (non-hydrogen) atoms. The van der Waals surface area contributed by atoms with Gasteiger partial charge >= 0.3 is 18.2 Å². The number of anilines is 1. The van der Waals surface area contributed by atoms with Crippen LogP contribution in [0.25, 0.3) is 0 Å². The molecule has 0 bridgehead atoms. The molecule has 150 valence electrons. The maximum atomic E-state index is 12.9. The van der Waals surface area contributed by atoms with E-state index in [-0.39, 0.29) is 5.92 Å². The number of carbonyl (C=O) groups is 2. The Morgan fingerprint density at radius 2 is 1.85 bits per heavy atom. The summed E-state index contributed by atoms with van der Waals surface area (Å²) < 4.78 is 38.6. The third-order valence-corrected chi connectivity index (χ3v) is 4.86. The Balaban J connectivity index is 1.97. The van der Waals surface area contributed by atoms with E-state index in [1.807, 2.05) is 6.92 Å². The van der Waals surface area contributed by atoms with E-state index in [2.05, 4.69) is 5.32 Å². The molecule has 1 aliphatic heterocycles. The summed E-state index contributed by atoms with van der Waals surface area (Å²) in [5.74, 6) is -1.29. The molecule has 2 N–H and O–H groups in total. The molecule has 1 heterocycles. The number of carbonyl (C=O) groups excluding carboxylic acids is 1. The summed E-state index contributed by atoms with van der Waals surface area (Å²) in [5, 5.41) is 11.8. The van der Waals surface area contributed by atoms with Crippen molar-refractivity contribution in [2.45, 2.75) is 32.5 Å². The predicted molar refractivity (Wildman–Crippen MR) is 94.6 cm³/mol. The fourth-order valence-corrected chi connectivity index (χ4v) is 2.95. The van der Waals surface area contributed by atoms with Crippen molar-refractivity contribution >= 4 is 17.7 Å². The molecule has 1 aromatic rings. The van der Waals surface area contributed by atoms with Crippen LogP contribution < -0.4 is 10.2 Å². The SMILES string of the molecule is CCC(C)C(NC(=O)N1CCN(c2cccc(C(F)(F)F)c2)CC1)C(=O)O. The number of nitrogens with one attached hydrogen (secondary N) is 1. The molecule has 0 aromatic heterocycles. The number of hydrogen-bond acceptors (Lipinski definition) is 3. The summed E-state index contributed by atoms with van der Waals surface area (Å²) in [6.45, 7) is 4.95. The molecule has 6 nitrogen and oxygen atoms in total. The minimum atomic E-state index is -4.40. The zero-order valence-electron chi connectivity index (χ0n) is 15.3. The van der Waals surface area contributed by atoms with Gasteiger partial charge < -0.3 is 20.2 Å². The van der Waals surface area contributed by atoms with E-state index in [4.69, 9.17) is 0 Å². The number of hydrogen-bond donors (Lipinski definition) is 2. The van der Waals surface area contributed by atoms with E-state index in [0.29, 0.717) is 38.3 Å². The second-order valence-electron chi connectivity index (χ2n) is 6.67. The molecule has 2 atom stereocenters. The van der Waals surface area contributed by atoms with Gasteiger partial charge in [0.2, 0.25) is 0 Å². The summed E-state index contributed by atoms with van der Waals surface area (Å²) in [6, 6.07) is 3.65. The van der Waals surface area contributed by atoms with Crippen molar-refractivity contribution in [2.24, 2.45) is 5.92 Å². The van der Waals surface area contributed by atoms with Crippen LogP contribution in [-0.2, 0) is 11.0 Å². The largest absolute Gasteiger partial charge is 0.480 e. The molecule has 0 aliphatic carbocycles. The Hall–Kier alpha value is -2.45. The first-order valence-corrected chi connectivity index (χ1v) is 8.84. The summed E-state index contributed by atoms with van der Waals surface area (Å²) in [5.41, 5.74) is -0.258. The van der Waals surface area contributed by atoms with Gasteiger partial charge in [0.1, 0.15) is 6.04 Å². The van der Waals surface area contributed by atoms with Crippen LogP contribution in [0.1, 0.15) is 25.8 Å². The van der Waals surface area contributed by atoms with Gasteiger partial charge in [0.05, 0.1) is 5.56 Å². The number of aliphatic carboxylic acids is 1. The molecule has 2 unspecified atom stereocenters. The normalized spacial score (nSPS) is 17.4. The molecular formula is C18H24F3N3O3. The van der Waals surface area contributed by atoms with Crippen LogP contribution in [0, 0.1) is 5.92 Å². The van der Waals surface area contributed by atoms with Gasteiger partial charge in [-0.05, 0) is 24.1 Å². The second-order valence-corrected chi connectivity index (χ2v) is 6.67. The lowest BCUT2D eigenvalue weighted by atomic mass is 9.99. The molecule has 0 radical (unpaired) electrons. The number of carboxylic acid groups (broad SMARTS) is 1. The van der Waals surface area contributed by atoms with E-state index in [1.165, 1.54) is 11.0 Å². The van der Waals surface area contributed by atoms with Crippen LogP contribution in [-0.4, -0.2) is 54.2 Å². The minimum Gasteiger partial charge on any atom is -0.480 e. The van der Waals surface area contributed by atoms with E-state index in [0.717, 1.165) is 12.1 Å². The highest BCUT2D eigenvalue weighted by molar-refractivity contribution is 5.83. The number of alkyl halides is 3. The molecule has 0 spiro atoms. The fourth-order valence-electron chi connectivity index (χ4n) is 2.95. The third kappa shape index (κ3) is 5.27. The maximum absolute atomic E-state index is 12.9. The monoisotopic (exact) mass is 387 g/mol. The van der Waals surface area contributed by atoms with E-state index >= 15 is 0 Å². The van der Waals surface area contributed by atoms with Crippen molar-refractivity contribution < 1.29 is 27.9 Å². The lowest BCUT2D eigenvalue weighted by Gasteiger charge is -2.37. The number of halogens is 3. The van der Waals surface area contributed by atoms with Gasteiger partial charge in [0, 0.05) is 31.9 Å². The van der Waals surface area contributed by atoms with Gasteiger partial charge in [-0.3, -0.25) is 0 Å². The van der Waals surface area contributed by atoms with Crippen molar-refractivity contribution in [1.82, 2.24) is 10.2 Å². The zero-order valence-corrected chi connectivity index (χ0v) is 15.3. The Morgan fingerprint density at radius 1 is 1.22 bits per heavy atom. The van der Waals surface area contributed by atoms with E-state index in [1.54, 1.807) is 17.9 Å². The van der Waals surface area contributed by atoms with Crippen molar-refractivity contribution in [1.29, 1.82) is 0 Å². The molecule has 2 amide bonds. The van der Waals surface area contributed by atoms with Gasteiger partial charge in [-0.15, -0.1) is 0 Å². The number of urea groups is 1. The zero-order chi connectivity index (χ0) is 20.2. The van der Waals surface area contributed by atoms with Gasteiger partial charge in [-0.25, -0.2) is 9.59 Å². The molecule has 1 aromatic carbocycles. The number of amides is 2. The lowest BCUT2D eigenvalue weighted by Crippen LogP contribution is -2.55. The molecule has 9 heteroatoms. The Bertz CT molecular complexity index is 673. The summed E-state index contributed by atoms with van der Waals surface area (Å²) in [6.07, 6.45) is -3.79. The molecule has 1 aliphatic rings. The number of rotatable bonds is 5. The van der Waals surface area contributed by atoms with Gasteiger partial charge in [-0.1, -0.05) is 26.3 Å². The summed E-state index contributed by atoms with van der Waals surface area (Å²) in [4.78, 5) is 26.9. The van der Waals surface area contributed by atoms with Crippen LogP contribution in [0.15, 0.2) is 24.3 Å². The highest BCUT2D eigenvalue weighted by Crippen LogP contribution is 2.31. The van der Waals surface area contributed by atoms with Crippen LogP contribution >= 0.6 is 0 Å². The number of piperazine rings is 1. The number of carboxylic acids is 1. The Labute approximate surface area is 155 Å². The Kier molecular flexibility index (Phi) is 6.56. The standard InChI is InChI=1S/C18H24F3N3O3/c1-3-12(2)15(16(25)26)22-17(27)24-9-7-23(8-10-24)14-6-4-5-13(11-14)18(19,20)21/h4-6,11-12,15H,3,7-10H2,1-2H3,(H,22,27)(H,25,26). The van der Waals surface area contributed by atoms with E-state index < -0.39 is 29.8 Å². The second kappa shape index (κ2) is 8.49. The first-order chi connectivity index (χ1) is 12.6. The topological polar surface area (TPSA) is 72.9 Å². The number of benzene rings is 1.